The van der Waals surface area contributed by atoms with E-state index in [0.717, 1.165) is 17.7 Å². The monoisotopic (exact) mass is 305 g/mol. The highest BCUT2D eigenvalue weighted by atomic mass is 35.5. The van der Waals surface area contributed by atoms with E-state index in [1.54, 1.807) is 12.1 Å². The van der Waals surface area contributed by atoms with Crippen LogP contribution in [0.3, 0.4) is 0 Å². The van der Waals surface area contributed by atoms with Crippen molar-refractivity contribution in [1.29, 1.82) is 0 Å². The van der Waals surface area contributed by atoms with E-state index in [-0.39, 0.29) is 6.79 Å². The predicted molar refractivity (Wildman–Crippen MR) is 81.6 cm³/mol. The number of anilines is 1. The topological polar surface area (TPSA) is 70.3 Å². The van der Waals surface area contributed by atoms with Crippen molar-refractivity contribution in [2.24, 2.45) is 5.92 Å². The number of benzene rings is 1. The van der Waals surface area contributed by atoms with Crippen molar-refractivity contribution >= 4 is 17.4 Å². The van der Waals surface area contributed by atoms with Crippen molar-refractivity contribution in [2.75, 3.05) is 12.5 Å². The summed E-state index contributed by atoms with van der Waals surface area (Å²) in [5.74, 6) is 2.66. The van der Waals surface area contributed by atoms with Crippen LogP contribution < -0.4 is 15.2 Å². The number of ether oxygens (including phenoxy) is 2. The predicted octanol–water partition coefficient (Wildman–Crippen LogP) is 3.31. The van der Waals surface area contributed by atoms with Gasteiger partial charge in [0.25, 0.3) is 0 Å². The lowest BCUT2D eigenvalue weighted by Crippen LogP contribution is -2.03. The van der Waals surface area contributed by atoms with E-state index in [9.17, 15) is 0 Å². The molecule has 0 atom stereocenters. The van der Waals surface area contributed by atoms with Crippen LogP contribution in [-0.2, 0) is 6.42 Å². The SMILES string of the molecule is CC(C)Cc1cc(N)nc(-c2cc(Cl)c3c(c2)OCO3)n1. The molecule has 0 unspecified atom stereocenters. The Morgan fingerprint density at radius 3 is 2.81 bits per heavy atom. The average molecular weight is 306 g/mol. The van der Waals surface area contributed by atoms with Gasteiger partial charge in [-0.15, -0.1) is 0 Å². The molecular weight excluding hydrogens is 290 g/mol. The van der Waals surface area contributed by atoms with E-state index >= 15 is 0 Å². The standard InChI is InChI=1S/C15H16ClN3O2/c1-8(2)3-10-6-13(17)19-15(18-10)9-4-11(16)14-12(5-9)20-7-21-14/h4-6,8H,3,7H2,1-2H3,(H2,17,18,19). The van der Waals surface area contributed by atoms with Gasteiger partial charge in [-0.05, 0) is 24.5 Å². The largest absolute Gasteiger partial charge is 0.454 e. The Morgan fingerprint density at radius 2 is 2.05 bits per heavy atom. The van der Waals surface area contributed by atoms with Gasteiger partial charge >= 0.3 is 0 Å². The van der Waals surface area contributed by atoms with E-state index in [1.165, 1.54) is 0 Å². The van der Waals surface area contributed by atoms with Gasteiger partial charge in [-0.25, -0.2) is 9.97 Å². The molecule has 21 heavy (non-hydrogen) atoms. The van der Waals surface area contributed by atoms with E-state index in [0.29, 0.717) is 34.1 Å². The first-order valence-electron chi connectivity index (χ1n) is 6.76. The first kappa shape index (κ1) is 13.9. The normalized spacial score (nSPS) is 13.0. The number of rotatable bonds is 3. The smallest absolute Gasteiger partial charge is 0.231 e. The Hall–Kier alpha value is -2.01. The van der Waals surface area contributed by atoms with Gasteiger partial charge in [0.2, 0.25) is 6.79 Å². The molecule has 0 aliphatic carbocycles. The molecule has 0 bridgehead atoms. The molecule has 0 spiro atoms. The van der Waals surface area contributed by atoms with E-state index in [4.69, 9.17) is 26.8 Å². The highest BCUT2D eigenvalue weighted by Crippen LogP contribution is 2.41. The number of nitrogen functional groups attached to an aromatic ring is 1. The third-order valence-corrected chi connectivity index (χ3v) is 3.38. The zero-order valence-corrected chi connectivity index (χ0v) is 12.6. The minimum atomic E-state index is 0.175. The van der Waals surface area contributed by atoms with Gasteiger partial charge in [-0.2, -0.15) is 0 Å². The van der Waals surface area contributed by atoms with Crippen molar-refractivity contribution in [1.82, 2.24) is 9.97 Å². The third-order valence-electron chi connectivity index (χ3n) is 3.10. The number of fused-ring (bicyclic) bond motifs is 1. The first-order chi connectivity index (χ1) is 10.0. The average Bonchev–Trinajstić information content (AvgIpc) is 2.86. The minimum Gasteiger partial charge on any atom is -0.454 e. The maximum Gasteiger partial charge on any atom is 0.231 e. The molecule has 0 saturated carbocycles. The van der Waals surface area contributed by atoms with Gasteiger partial charge in [0, 0.05) is 17.3 Å². The maximum absolute atomic E-state index is 6.20. The van der Waals surface area contributed by atoms with E-state index in [1.807, 2.05) is 6.07 Å². The van der Waals surface area contributed by atoms with Gasteiger partial charge in [-0.3, -0.25) is 0 Å². The number of nitrogens with zero attached hydrogens (tertiary/aromatic N) is 2. The molecule has 1 aliphatic rings. The van der Waals surface area contributed by atoms with E-state index < -0.39 is 0 Å². The van der Waals surface area contributed by atoms with Crippen LogP contribution in [0.5, 0.6) is 11.5 Å². The molecule has 0 saturated heterocycles. The molecule has 0 amide bonds. The lowest BCUT2D eigenvalue weighted by Gasteiger charge is -2.09. The fourth-order valence-corrected chi connectivity index (χ4v) is 2.53. The number of hydrogen-bond donors (Lipinski definition) is 1. The van der Waals surface area contributed by atoms with Gasteiger partial charge in [0.1, 0.15) is 5.82 Å². The quantitative estimate of drug-likeness (QED) is 0.942. The molecule has 5 nitrogen and oxygen atoms in total. The third kappa shape index (κ3) is 2.88. The molecule has 2 N–H and O–H groups in total. The second kappa shape index (κ2) is 5.41. The summed E-state index contributed by atoms with van der Waals surface area (Å²) in [6, 6.07) is 5.39. The Kier molecular flexibility index (Phi) is 3.59. The van der Waals surface area contributed by atoms with Crippen molar-refractivity contribution < 1.29 is 9.47 Å². The van der Waals surface area contributed by atoms with Crippen LogP contribution in [-0.4, -0.2) is 16.8 Å². The highest BCUT2D eigenvalue weighted by molar-refractivity contribution is 6.32. The first-order valence-corrected chi connectivity index (χ1v) is 7.13. The van der Waals surface area contributed by atoms with Gasteiger partial charge < -0.3 is 15.2 Å². The molecule has 6 heteroatoms. The number of nitrogens with two attached hydrogens (primary N) is 1. The maximum atomic E-state index is 6.20. The summed E-state index contributed by atoms with van der Waals surface area (Å²) >= 11 is 6.20. The summed E-state index contributed by atoms with van der Waals surface area (Å²) in [7, 11) is 0. The summed E-state index contributed by atoms with van der Waals surface area (Å²) in [5.41, 5.74) is 7.57. The molecule has 1 aliphatic heterocycles. The number of hydrogen-bond acceptors (Lipinski definition) is 5. The molecular formula is C15H16ClN3O2. The second-order valence-corrected chi connectivity index (χ2v) is 5.80. The summed E-state index contributed by atoms with van der Waals surface area (Å²) in [6.45, 7) is 4.44. The van der Waals surface area contributed by atoms with Gasteiger partial charge in [0.05, 0.1) is 5.02 Å². The molecule has 0 radical (unpaired) electrons. The van der Waals surface area contributed by atoms with Crippen LogP contribution in [0.15, 0.2) is 18.2 Å². The summed E-state index contributed by atoms with van der Waals surface area (Å²) in [5, 5.41) is 0.483. The van der Waals surface area contributed by atoms with Crippen molar-refractivity contribution in [3.63, 3.8) is 0 Å². The molecule has 1 aromatic carbocycles. The lowest BCUT2D eigenvalue weighted by molar-refractivity contribution is 0.174. The Bertz CT molecular complexity index is 689. The fraction of sp³-hybridized carbons (Fsp3) is 0.333. The minimum absolute atomic E-state index is 0.175. The Balaban J connectivity index is 2.04. The summed E-state index contributed by atoms with van der Waals surface area (Å²) in [6.07, 6.45) is 0.845. The van der Waals surface area contributed by atoms with Gasteiger partial charge in [0.15, 0.2) is 17.3 Å². The van der Waals surface area contributed by atoms with Crippen molar-refractivity contribution in [3.8, 4) is 22.9 Å². The molecule has 2 aromatic rings. The van der Waals surface area contributed by atoms with Crippen LogP contribution in [0, 0.1) is 5.92 Å². The van der Waals surface area contributed by atoms with Crippen LogP contribution in [0.2, 0.25) is 5.02 Å². The second-order valence-electron chi connectivity index (χ2n) is 5.40. The van der Waals surface area contributed by atoms with E-state index in [2.05, 4.69) is 23.8 Å². The molecule has 1 aromatic heterocycles. The van der Waals surface area contributed by atoms with Crippen LogP contribution in [0.1, 0.15) is 19.5 Å². The summed E-state index contributed by atoms with van der Waals surface area (Å²) < 4.78 is 10.7. The Morgan fingerprint density at radius 1 is 1.24 bits per heavy atom. The van der Waals surface area contributed by atoms with Gasteiger partial charge in [-0.1, -0.05) is 25.4 Å². The fourth-order valence-electron chi connectivity index (χ4n) is 2.27. The lowest BCUT2D eigenvalue weighted by atomic mass is 10.1. The zero-order chi connectivity index (χ0) is 15.0. The van der Waals surface area contributed by atoms with Crippen LogP contribution in [0.25, 0.3) is 11.4 Å². The Labute approximate surface area is 128 Å². The summed E-state index contributed by atoms with van der Waals surface area (Å²) in [4.78, 5) is 8.85. The molecule has 3 rings (SSSR count). The van der Waals surface area contributed by atoms with Crippen molar-refractivity contribution in [2.45, 2.75) is 20.3 Å². The molecule has 0 fully saturated rings. The molecule has 2 heterocycles. The molecule has 110 valence electrons. The van der Waals surface area contributed by atoms with Crippen molar-refractivity contribution in [3.05, 3.63) is 28.9 Å². The van der Waals surface area contributed by atoms with Crippen LogP contribution >= 0.6 is 11.6 Å². The number of halogens is 1. The number of aromatic nitrogens is 2. The highest BCUT2D eigenvalue weighted by Gasteiger charge is 2.20. The zero-order valence-electron chi connectivity index (χ0n) is 11.9. The van der Waals surface area contributed by atoms with Crippen LogP contribution in [0.4, 0.5) is 5.82 Å².